The van der Waals surface area contributed by atoms with E-state index < -0.39 is 0 Å². The van der Waals surface area contributed by atoms with Crippen LogP contribution in [0.4, 0.5) is 5.69 Å². The van der Waals surface area contributed by atoms with Crippen molar-refractivity contribution in [2.24, 2.45) is 0 Å². The van der Waals surface area contributed by atoms with Gasteiger partial charge in [-0.1, -0.05) is 0 Å². The zero-order valence-corrected chi connectivity index (χ0v) is 11.4. The second-order valence-electron chi connectivity index (χ2n) is 4.16. The molecule has 2 aromatic rings. The molecule has 3 N–H and O–H groups in total. The summed E-state index contributed by atoms with van der Waals surface area (Å²) in [5.41, 5.74) is 6.33. The lowest BCUT2D eigenvalue weighted by molar-refractivity contribution is -0.119. The summed E-state index contributed by atoms with van der Waals surface area (Å²) in [5, 5.41) is 2.89. The van der Waals surface area contributed by atoms with Crippen LogP contribution >= 0.6 is 11.8 Å². The first-order chi connectivity index (χ1) is 9.15. The molecular weight excluding hydrogens is 260 g/mol. The van der Waals surface area contributed by atoms with Gasteiger partial charge in [0.25, 0.3) is 0 Å². The highest BCUT2D eigenvalue weighted by Crippen LogP contribution is 2.19. The third-order valence-corrected chi connectivity index (χ3v) is 3.61. The lowest BCUT2D eigenvalue weighted by Crippen LogP contribution is -2.27. The molecule has 19 heavy (non-hydrogen) atoms. The summed E-state index contributed by atoms with van der Waals surface area (Å²) in [6, 6.07) is 11.0. The van der Waals surface area contributed by atoms with E-state index in [4.69, 9.17) is 10.2 Å². The molecule has 5 heteroatoms. The largest absolute Gasteiger partial charge is 0.467 e. The summed E-state index contributed by atoms with van der Waals surface area (Å²) < 4.78 is 5.24. The van der Waals surface area contributed by atoms with Crippen molar-refractivity contribution in [1.29, 1.82) is 0 Å². The minimum atomic E-state index is -0.116. The number of nitrogens with one attached hydrogen (secondary N) is 1. The maximum Gasteiger partial charge on any atom is 0.230 e. The highest BCUT2D eigenvalue weighted by atomic mass is 32.2. The molecule has 0 fully saturated rings. The first-order valence-electron chi connectivity index (χ1n) is 5.96. The van der Waals surface area contributed by atoms with Crippen LogP contribution < -0.4 is 11.1 Å². The maximum absolute atomic E-state index is 11.8. The summed E-state index contributed by atoms with van der Waals surface area (Å²) in [4.78, 5) is 12.8. The quantitative estimate of drug-likeness (QED) is 0.651. The van der Waals surface area contributed by atoms with E-state index in [1.165, 1.54) is 11.8 Å². The van der Waals surface area contributed by atoms with Crippen molar-refractivity contribution in [2.45, 2.75) is 17.9 Å². The van der Waals surface area contributed by atoms with Gasteiger partial charge < -0.3 is 15.5 Å². The molecule has 0 bridgehead atoms. The maximum atomic E-state index is 11.8. The Morgan fingerprint density at radius 2 is 2.11 bits per heavy atom. The molecule has 0 aliphatic rings. The topological polar surface area (TPSA) is 68.3 Å². The lowest BCUT2D eigenvalue weighted by atomic mass is 10.2. The third-order valence-electron chi connectivity index (χ3n) is 2.60. The normalized spacial score (nSPS) is 12.1. The average molecular weight is 276 g/mol. The number of hydrogen-bond acceptors (Lipinski definition) is 4. The molecule has 1 heterocycles. The number of carbonyl (C=O) groups excluding carboxylic acids is 1. The van der Waals surface area contributed by atoms with Crippen LogP contribution in [0.1, 0.15) is 18.7 Å². The summed E-state index contributed by atoms with van der Waals surface area (Å²) in [6.07, 6.45) is 1.60. The first kappa shape index (κ1) is 13.5. The first-order valence-corrected chi connectivity index (χ1v) is 6.95. The molecule has 100 valence electrons. The van der Waals surface area contributed by atoms with Crippen molar-refractivity contribution in [3.05, 3.63) is 48.4 Å². The van der Waals surface area contributed by atoms with Crippen LogP contribution in [-0.4, -0.2) is 11.7 Å². The molecular formula is C14H16N2O2S. The Balaban J connectivity index is 1.80. The average Bonchev–Trinajstić information content (AvgIpc) is 2.92. The molecule has 4 nitrogen and oxygen atoms in total. The molecule has 0 saturated heterocycles. The van der Waals surface area contributed by atoms with Crippen molar-refractivity contribution in [3.63, 3.8) is 0 Å². The van der Waals surface area contributed by atoms with Gasteiger partial charge in [0.2, 0.25) is 5.91 Å². The Morgan fingerprint density at radius 3 is 2.74 bits per heavy atom. The van der Waals surface area contributed by atoms with Gasteiger partial charge >= 0.3 is 0 Å². The monoisotopic (exact) mass is 276 g/mol. The molecule has 0 saturated carbocycles. The lowest BCUT2D eigenvalue weighted by Gasteiger charge is -2.11. The minimum Gasteiger partial charge on any atom is -0.467 e. The summed E-state index contributed by atoms with van der Waals surface area (Å²) in [6.45, 7) is 1.89. The number of benzene rings is 1. The fraction of sp³-hybridized carbons (Fsp3) is 0.214. The van der Waals surface area contributed by atoms with Crippen LogP contribution in [-0.2, 0) is 4.79 Å². The van der Waals surface area contributed by atoms with Crippen molar-refractivity contribution >= 4 is 23.4 Å². The Labute approximate surface area is 116 Å². The standard InChI is InChI=1S/C14H16N2O2S/c1-10(13-3-2-8-18-13)16-14(17)9-19-12-6-4-11(15)5-7-12/h2-8,10H,9,15H2,1H3,(H,16,17). The number of rotatable bonds is 5. The fourth-order valence-electron chi connectivity index (χ4n) is 1.60. The molecule has 0 aliphatic carbocycles. The molecule has 1 atom stereocenters. The van der Waals surface area contributed by atoms with Crippen LogP contribution in [0.3, 0.4) is 0 Å². The van der Waals surface area contributed by atoms with Gasteiger partial charge in [0.15, 0.2) is 0 Å². The number of furan rings is 1. The minimum absolute atomic E-state index is 0.0225. The molecule has 0 spiro atoms. The summed E-state index contributed by atoms with van der Waals surface area (Å²) in [7, 11) is 0. The smallest absolute Gasteiger partial charge is 0.230 e. The van der Waals surface area contributed by atoms with E-state index >= 15 is 0 Å². The van der Waals surface area contributed by atoms with Gasteiger partial charge in [-0.05, 0) is 43.3 Å². The van der Waals surface area contributed by atoms with Crippen molar-refractivity contribution in [3.8, 4) is 0 Å². The van der Waals surface area contributed by atoms with Gasteiger partial charge in [-0.3, -0.25) is 4.79 Å². The zero-order valence-electron chi connectivity index (χ0n) is 10.6. The van der Waals surface area contributed by atoms with Crippen LogP contribution in [0.15, 0.2) is 52.0 Å². The molecule has 0 aliphatic heterocycles. The predicted molar refractivity (Wildman–Crippen MR) is 76.8 cm³/mol. The van der Waals surface area contributed by atoms with E-state index in [2.05, 4.69) is 5.32 Å². The summed E-state index contributed by atoms with van der Waals surface area (Å²) in [5.74, 6) is 1.10. The Morgan fingerprint density at radius 1 is 1.37 bits per heavy atom. The molecule has 1 aromatic heterocycles. The van der Waals surface area contributed by atoms with Crippen LogP contribution in [0.5, 0.6) is 0 Å². The Bertz CT molecular complexity index is 523. The van der Waals surface area contributed by atoms with Crippen LogP contribution in [0.2, 0.25) is 0 Å². The van der Waals surface area contributed by atoms with Gasteiger partial charge in [0.1, 0.15) is 5.76 Å². The van der Waals surface area contributed by atoms with E-state index in [0.717, 1.165) is 16.3 Å². The van der Waals surface area contributed by atoms with Gasteiger partial charge in [-0.2, -0.15) is 0 Å². The number of hydrogen-bond donors (Lipinski definition) is 2. The van der Waals surface area contributed by atoms with Gasteiger partial charge in [-0.15, -0.1) is 11.8 Å². The Hall–Kier alpha value is -1.88. The number of anilines is 1. The molecule has 0 radical (unpaired) electrons. The molecule has 2 rings (SSSR count). The van der Waals surface area contributed by atoms with Crippen LogP contribution in [0, 0.1) is 0 Å². The second-order valence-corrected chi connectivity index (χ2v) is 5.21. The highest BCUT2D eigenvalue weighted by molar-refractivity contribution is 8.00. The SMILES string of the molecule is CC(NC(=O)CSc1ccc(N)cc1)c1ccco1. The van der Waals surface area contributed by atoms with Crippen molar-refractivity contribution in [1.82, 2.24) is 5.32 Å². The predicted octanol–water partition coefficient (Wildman–Crippen LogP) is 2.83. The fourth-order valence-corrected chi connectivity index (χ4v) is 2.31. The van der Waals surface area contributed by atoms with Crippen LogP contribution in [0.25, 0.3) is 0 Å². The zero-order chi connectivity index (χ0) is 13.7. The van der Waals surface area contributed by atoms with E-state index in [1.54, 1.807) is 12.3 Å². The summed E-state index contributed by atoms with van der Waals surface area (Å²) >= 11 is 1.48. The van der Waals surface area contributed by atoms with E-state index in [1.807, 2.05) is 37.3 Å². The number of carbonyl (C=O) groups is 1. The second kappa shape index (κ2) is 6.33. The van der Waals surface area contributed by atoms with Gasteiger partial charge in [0.05, 0.1) is 18.1 Å². The van der Waals surface area contributed by atoms with E-state index in [-0.39, 0.29) is 11.9 Å². The van der Waals surface area contributed by atoms with E-state index in [0.29, 0.717) is 5.75 Å². The highest BCUT2D eigenvalue weighted by Gasteiger charge is 2.11. The van der Waals surface area contributed by atoms with Crippen molar-refractivity contribution in [2.75, 3.05) is 11.5 Å². The molecule has 1 amide bonds. The van der Waals surface area contributed by atoms with Crippen molar-refractivity contribution < 1.29 is 9.21 Å². The number of thioether (sulfide) groups is 1. The van der Waals surface area contributed by atoms with Gasteiger partial charge in [-0.25, -0.2) is 0 Å². The number of amides is 1. The number of nitrogen functional groups attached to an aromatic ring is 1. The van der Waals surface area contributed by atoms with Gasteiger partial charge in [0, 0.05) is 10.6 Å². The number of nitrogens with two attached hydrogens (primary N) is 1. The molecule has 1 unspecified atom stereocenters. The Kier molecular flexibility index (Phi) is 4.52. The van der Waals surface area contributed by atoms with E-state index in [9.17, 15) is 4.79 Å². The molecule has 1 aromatic carbocycles. The third kappa shape index (κ3) is 4.06.